The van der Waals surface area contributed by atoms with Crippen molar-refractivity contribution in [1.29, 1.82) is 0 Å². The fraction of sp³-hybridized carbons (Fsp3) is 1.00. The van der Waals surface area contributed by atoms with E-state index in [1.807, 2.05) is 0 Å². The fourth-order valence-electron chi connectivity index (χ4n) is 2.50. The summed E-state index contributed by atoms with van der Waals surface area (Å²) in [5.41, 5.74) is 0.326. The standard InChI is InChI=1S/C15H34N2O2/c1-6-8-15(3,13-16-7-2)14-17(9-11-18-4)10-12-19-5/h16H,6-14H2,1-5H3. The highest BCUT2D eigenvalue weighted by Gasteiger charge is 2.25. The van der Waals surface area contributed by atoms with Crippen molar-refractivity contribution in [1.82, 2.24) is 10.2 Å². The highest BCUT2D eigenvalue weighted by atomic mass is 16.5. The second kappa shape index (κ2) is 11.6. The minimum atomic E-state index is 0.326. The number of hydrogen-bond donors (Lipinski definition) is 1. The molecule has 4 heteroatoms. The summed E-state index contributed by atoms with van der Waals surface area (Å²) in [4.78, 5) is 2.46. The Morgan fingerprint density at radius 2 is 1.63 bits per heavy atom. The quantitative estimate of drug-likeness (QED) is 0.557. The molecule has 0 aliphatic carbocycles. The molecular formula is C15H34N2O2. The molecule has 0 bridgehead atoms. The number of hydrogen-bond acceptors (Lipinski definition) is 4. The van der Waals surface area contributed by atoms with E-state index in [2.05, 4.69) is 31.0 Å². The molecule has 1 N–H and O–H groups in total. The van der Waals surface area contributed by atoms with Crippen molar-refractivity contribution in [2.24, 2.45) is 5.41 Å². The van der Waals surface area contributed by atoms with Crippen LogP contribution in [0.1, 0.15) is 33.6 Å². The number of rotatable bonds is 13. The van der Waals surface area contributed by atoms with Crippen molar-refractivity contribution >= 4 is 0 Å². The molecule has 0 heterocycles. The highest BCUT2D eigenvalue weighted by molar-refractivity contribution is 4.80. The first-order chi connectivity index (χ1) is 9.11. The predicted octanol–water partition coefficient (Wildman–Crippen LogP) is 2.00. The van der Waals surface area contributed by atoms with Crippen LogP contribution < -0.4 is 5.32 Å². The van der Waals surface area contributed by atoms with Gasteiger partial charge in [0.2, 0.25) is 0 Å². The van der Waals surface area contributed by atoms with Gasteiger partial charge in [-0.15, -0.1) is 0 Å². The molecule has 0 aromatic heterocycles. The van der Waals surface area contributed by atoms with Gasteiger partial charge in [-0.1, -0.05) is 27.2 Å². The monoisotopic (exact) mass is 274 g/mol. The van der Waals surface area contributed by atoms with Gasteiger partial charge in [0.1, 0.15) is 0 Å². The van der Waals surface area contributed by atoms with Crippen LogP contribution >= 0.6 is 0 Å². The van der Waals surface area contributed by atoms with Crippen LogP contribution in [-0.2, 0) is 9.47 Å². The Balaban J connectivity index is 4.41. The highest BCUT2D eigenvalue weighted by Crippen LogP contribution is 2.23. The van der Waals surface area contributed by atoms with Crippen LogP contribution in [-0.4, -0.2) is 65.1 Å². The maximum Gasteiger partial charge on any atom is 0.0589 e. The van der Waals surface area contributed by atoms with Gasteiger partial charge in [-0.3, -0.25) is 4.90 Å². The summed E-state index contributed by atoms with van der Waals surface area (Å²) < 4.78 is 10.4. The Morgan fingerprint density at radius 1 is 1.05 bits per heavy atom. The summed E-state index contributed by atoms with van der Waals surface area (Å²) in [5, 5.41) is 3.50. The van der Waals surface area contributed by atoms with E-state index in [4.69, 9.17) is 9.47 Å². The van der Waals surface area contributed by atoms with E-state index in [1.54, 1.807) is 14.2 Å². The molecule has 4 nitrogen and oxygen atoms in total. The lowest BCUT2D eigenvalue weighted by atomic mass is 9.84. The van der Waals surface area contributed by atoms with Crippen LogP contribution in [0.25, 0.3) is 0 Å². The van der Waals surface area contributed by atoms with Crippen molar-refractivity contribution < 1.29 is 9.47 Å². The van der Waals surface area contributed by atoms with Gasteiger partial charge in [-0.25, -0.2) is 0 Å². The van der Waals surface area contributed by atoms with E-state index in [0.29, 0.717) is 5.41 Å². The van der Waals surface area contributed by atoms with Gasteiger partial charge < -0.3 is 14.8 Å². The molecule has 1 atom stereocenters. The Hall–Kier alpha value is -0.160. The van der Waals surface area contributed by atoms with Crippen LogP contribution in [0.5, 0.6) is 0 Å². The molecule has 116 valence electrons. The van der Waals surface area contributed by atoms with Crippen molar-refractivity contribution in [3.05, 3.63) is 0 Å². The molecule has 0 spiro atoms. The second-order valence-corrected chi connectivity index (χ2v) is 5.60. The third kappa shape index (κ3) is 9.38. The smallest absolute Gasteiger partial charge is 0.0589 e. The van der Waals surface area contributed by atoms with Crippen molar-refractivity contribution in [2.75, 3.05) is 60.2 Å². The van der Waals surface area contributed by atoms with Gasteiger partial charge >= 0.3 is 0 Å². The van der Waals surface area contributed by atoms with Gasteiger partial charge in [0.25, 0.3) is 0 Å². The van der Waals surface area contributed by atoms with E-state index in [-0.39, 0.29) is 0 Å². The molecule has 0 radical (unpaired) electrons. The molecule has 0 rings (SSSR count). The summed E-state index contributed by atoms with van der Waals surface area (Å²) in [7, 11) is 3.52. The Morgan fingerprint density at radius 3 is 2.05 bits per heavy atom. The number of nitrogens with zero attached hydrogens (tertiary/aromatic N) is 1. The predicted molar refractivity (Wildman–Crippen MR) is 81.8 cm³/mol. The fourth-order valence-corrected chi connectivity index (χ4v) is 2.50. The van der Waals surface area contributed by atoms with E-state index < -0.39 is 0 Å². The summed E-state index contributed by atoms with van der Waals surface area (Å²) >= 11 is 0. The lowest BCUT2D eigenvalue weighted by Crippen LogP contribution is -2.44. The average molecular weight is 274 g/mol. The number of nitrogens with one attached hydrogen (secondary N) is 1. The minimum Gasteiger partial charge on any atom is -0.383 e. The van der Waals surface area contributed by atoms with Gasteiger partial charge in [-0.05, 0) is 18.4 Å². The summed E-state index contributed by atoms with van der Waals surface area (Å²) in [6, 6.07) is 0. The zero-order chi connectivity index (χ0) is 14.6. The molecule has 0 aromatic carbocycles. The Kier molecular flexibility index (Phi) is 11.6. The summed E-state index contributed by atoms with van der Waals surface area (Å²) in [6.45, 7) is 13.5. The van der Waals surface area contributed by atoms with E-state index in [0.717, 1.165) is 45.9 Å². The van der Waals surface area contributed by atoms with Crippen LogP contribution in [0.15, 0.2) is 0 Å². The molecule has 19 heavy (non-hydrogen) atoms. The first kappa shape index (κ1) is 18.8. The zero-order valence-corrected chi connectivity index (χ0v) is 13.6. The van der Waals surface area contributed by atoms with Crippen LogP contribution in [0.2, 0.25) is 0 Å². The van der Waals surface area contributed by atoms with E-state index in [1.165, 1.54) is 12.8 Å². The largest absolute Gasteiger partial charge is 0.383 e. The van der Waals surface area contributed by atoms with E-state index in [9.17, 15) is 0 Å². The molecule has 0 aliphatic heterocycles. The third-order valence-corrected chi connectivity index (χ3v) is 3.48. The van der Waals surface area contributed by atoms with Crippen molar-refractivity contribution in [2.45, 2.75) is 33.6 Å². The summed E-state index contributed by atoms with van der Waals surface area (Å²) in [6.07, 6.45) is 2.47. The lowest BCUT2D eigenvalue weighted by Gasteiger charge is -2.35. The van der Waals surface area contributed by atoms with Gasteiger partial charge in [0.15, 0.2) is 0 Å². The molecule has 0 saturated carbocycles. The zero-order valence-electron chi connectivity index (χ0n) is 13.6. The SMILES string of the molecule is CCCC(C)(CNCC)CN(CCOC)CCOC. The maximum absolute atomic E-state index is 5.21. The number of ether oxygens (including phenoxy) is 2. The molecule has 0 aliphatic rings. The van der Waals surface area contributed by atoms with Crippen LogP contribution in [0, 0.1) is 5.41 Å². The topological polar surface area (TPSA) is 33.7 Å². The van der Waals surface area contributed by atoms with Gasteiger partial charge in [0, 0.05) is 40.4 Å². The summed E-state index contributed by atoms with van der Waals surface area (Å²) in [5.74, 6) is 0. The Labute approximate surface area is 119 Å². The molecular weight excluding hydrogens is 240 g/mol. The molecule has 0 fully saturated rings. The molecule has 0 saturated heterocycles. The number of methoxy groups -OCH3 is 2. The Bertz CT molecular complexity index is 195. The first-order valence-corrected chi connectivity index (χ1v) is 7.52. The van der Waals surface area contributed by atoms with Gasteiger partial charge in [0.05, 0.1) is 13.2 Å². The van der Waals surface area contributed by atoms with Crippen LogP contribution in [0.4, 0.5) is 0 Å². The van der Waals surface area contributed by atoms with Crippen molar-refractivity contribution in [3.8, 4) is 0 Å². The van der Waals surface area contributed by atoms with Crippen LogP contribution in [0.3, 0.4) is 0 Å². The second-order valence-electron chi connectivity index (χ2n) is 5.60. The maximum atomic E-state index is 5.21. The normalized spacial score (nSPS) is 14.8. The third-order valence-electron chi connectivity index (χ3n) is 3.48. The van der Waals surface area contributed by atoms with Gasteiger partial charge in [-0.2, -0.15) is 0 Å². The van der Waals surface area contributed by atoms with E-state index >= 15 is 0 Å². The molecule has 1 unspecified atom stereocenters. The minimum absolute atomic E-state index is 0.326. The molecule has 0 amide bonds. The molecule has 0 aromatic rings. The van der Waals surface area contributed by atoms with Crippen molar-refractivity contribution in [3.63, 3.8) is 0 Å². The lowest BCUT2D eigenvalue weighted by molar-refractivity contribution is 0.0803. The first-order valence-electron chi connectivity index (χ1n) is 7.52. The average Bonchev–Trinajstić information content (AvgIpc) is 2.40.